The van der Waals surface area contributed by atoms with E-state index in [1.54, 1.807) is 29.2 Å². The maximum absolute atomic E-state index is 12.0. The molecule has 0 atom stereocenters. The Hall–Kier alpha value is -2.08. The van der Waals surface area contributed by atoms with Crippen LogP contribution in [0.4, 0.5) is 5.69 Å². The number of para-hydroxylation sites is 2. The molecular weight excluding hydrogens is 260 g/mol. The van der Waals surface area contributed by atoms with E-state index in [2.05, 4.69) is 5.32 Å². The highest BCUT2D eigenvalue weighted by Gasteiger charge is 2.17. The van der Waals surface area contributed by atoms with E-state index in [0.717, 1.165) is 0 Å². The third-order valence-electron chi connectivity index (χ3n) is 2.80. The molecule has 20 heavy (non-hydrogen) atoms. The molecule has 110 valence electrons. The minimum Gasteiger partial charge on any atom is -0.495 e. The van der Waals surface area contributed by atoms with Gasteiger partial charge in [0.1, 0.15) is 5.75 Å². The highest BCUT2D eigenvalue weighted by molar-refractivity contribution is 5.93. The number of anilines is 1. The van der Waals surface area contributed by atoms with Crippen LogP contribution < -0.4 is 10.1 Å². The number of ether oxygens (including phenoxy) is 1. The molecule has 0 unspecified atom stereocenters. The molecule has 0 fully saturated rings. The van der Waals surface area contributed by atoms with E-state index in [4.69, 9.17) is 9.84 Å². The van der Waals surface area contributed by atoms with Crippen molar-refractivity contribution in [3.05, 3.63) is 24.3 Å². The standard InChI is InChI=1S/C14H20N2O4/c1-10(2)16(9-14(18)19)8-13(17)15-11-6-4-5-7-12(11)20-3/h4-7,10H,8-9H2,1-3H3,(H,15,17)(H,18,19). The predicted molar refractivity (Wildman–Crippen MR) is 76.0 cm³/mol. The van der Waals surface area contributed by atoms with E-state index >= 15 is 0 Å². The maximum atomic E-state index is 12.0. The number of benzene rings is 1. The molecule has 2 N–H and O–H groups in total. The normalized spacial score (nSPS) is 10.7. The largest absolute Gasteiger partial charge is 0.495 e. The van der Waals surface area contributed by atoms with Gasteiger partial charge in [-0.15, -0.1) is 0 Å². The lowest BCUT2D eigenvalue weighted by Crippen LogP contribution is -2.41. The van der Waals surface area contributed by atoms with Crippen LogP contribution in [0, 0.1) is 0 Å². The summed E-state index contributed by atoms with van der Waals surface area (Å²) in [6.45, 7) is 3.54. The van der Waals surface area contributed by atoms with Gasteiger partial charge in [-0.3, -0.25) is 14.5 Å². The van der Waals surface area contributed by atoms with Crippen LogP contribution in [0.3, 0.4) is 0 Å². The summed E-state index contributed by atoms with van der Waals surface area (Å²) in [5.41, 5.74) is 0.569. The SMILES string of the molecule is COc1ccccc1NC(=O)CN(CC(=O)O)C(C)C. The van der Waals surface area contributed by atoms with Gasteiger partial charge in [0.05, 0.1) is 25.9 Å². The van der Waals surface area contributed by atoms with E-state index in [1.807, 2.05) is 13.8 Å². The maximum Gasteiger partial charge on any atom is 0.317 e. The second kappa shape index (κ2) is 7.49. The zero-order valence-electron chi connectivity index (χ0n) is 11.9. The van der Waals surface area contributed by atoms with Gasteiger partial charge in [0.2, 0.25) is 5.91 Å². The fraction of sp³-hybridized carbons (Fsp3) is 0.429. The number of nitrogens with zero attached hydrogens (tertiary/aromatic N) is 1. The molecular formula is C14H20N2O4. The molecule has 0 aliphatic heterocycles. The fourth-order valence-corrected chi connectivity index (χ4v) is 1.72. The van der Waals surface area contributed by atoms with Crippen LogP contribution in [0.1, 0.15) is 13.8 Å². The van der Waals surface area contributed by atoms with Crippen LogP contribution >= 0.6 is 0 Å². The summed E-state index contributed by atoms with van der Waals surface area (Å²) in [5.74, 6) is -0.663. The number of methoxy groups -OCH3 is 1. The molecule has 6 nitrogen and oxygen atoms in total. The van der Waals surface area contributed by atoms with Gasteiger partial charge in [-0.2, -0.15) is 0 Å². The van der Waals surface area contributed by atoms with E-state index in [-0.39, 0.29) is 25.0 Å². The molecule has 0 aromatic heterocycles. The molecule has 0 aliphatic carbocycles. The quantitative estimate of drug-likeness (QED) is 0.790. The number of amides is 1. The Morgan fingerprint density at radius 1 is 1.30 bits per heavy atom. The second-order valence-electron chi connectivity index (χ2n) is 4.64. The average Bonchev–Trinajstić information content (AvgIpc) is 2.37. The smallest absolute Gasteiger partial charge is 0.317 e. The van der Waals surface area contributed by atoms with Gasteiger partial charge in [0.25, 0.3) is 0 Å². The molecule has 0 spiro atoms. The van der Waals surface area contributed by atoms with Crippen molar-refractivity contribution >= 4 is 17.6 Å². The fourth-order valence-electron chi connectivity index (χ4n) is 1.72. The first-order valence-electron chi connectivity index (χ1n) is 6.32. The van der Waals surface area contributed by atoms with Crippen molar-refractivity contribution in [3.63, 3.8) is 0 Å². The zero-order chi connectivity index (χ0) is 15.1. The topological polar surface area (TPSA) is 78.9 Å². The molecule has 0 radical (unpaired) electrons. The van der Waals surface area contributed by atoms with Gasteiger partial charge >= 0.3 is 5.97 Å². The second-order valence-corrected chi connectivity index (χ2v) is 4.64. The van der Waals surface area contributed by atoms with Crippen molar-refractivity contribution < 1.29 is 19.4 Å². The summed E-state index contributed by atoms with van der Waals surface area (Å²) in [5, 5.41) is 11.5. The molecule has 1 amide bonds. The van der Waals surface area contributed by atoms with E-state index in [0.29, 0.717) is 11.4 Å². The molecule has 0 saturated carbocycles. The molecule has 1 rings (SSSR count). The summed E-state index contributed by atoms with van der Waals surface area (Å²) in [4.78, 5) is 24.3. The Bertz CT molecular complexity index is 474. The Kier molecular flexibility index (Phi) is 5.99. The molecule has 1 aromatic carbocycles. The average molecular weight is 280 g/mol. The molecule has 1 aromatic rings. The van der Waals surface area contributed by atoms with Crippen molar-refractivity contribution in [2.75, 3.05) is 25.5 Å². The summed E-state index contributed by atoms with van der Waals surface area (Å²) in [6.07, 6.45) is 0. The lowest BCUT2D eigenvalue weighted by molar-refractivity contribution is -0.139. The molecule has 0 saturated heterocycles. The number of carbonyl (C=O) groups is 2. The van der Waals surface area contributed by atoms with Crippen molar-refractivity contribution in [1.82, 2.24) is 4.90 Å². The first-order valence-corrected chi connectivity index (χ1v) is 6.32. The highest BCUT2D eigenvalue weighted by Crippen LogP contribution is 2.22. The predicted octanol–water partition coefficient (Wildman–Crippen LogP) is 1.43. The van der Waals surface area contributed by atoms with Crippen molar-refractivity contribution in [1.29, 1.82) is 0 Å². The van der Waals surface area contributed by atoms with Crippen LogP contribution in [-0.4, -0.2) is 48.1 Å². The first kappa shape index (κ1) is 16.0. The number of carbonyl (C=O) groups excluding carboxylic acids is 1. The van der Waals surface area contributed by atoms with Crippen LogP contribution in [0.2, 0.25) is 0 Å². The minimum atomic E-state index is -0.955. The van der Waals surface area contributed by atoms with Crippen LogP contribution in [0.5, 0.6) is 5.75 Å². The van der Waals surface area contributed by atoms with Gasteiger partial charge < -0.3 is 15.2 Å². The van der Waals surface area contributed by atoms with Crippen LogP contribution in [0.15, 0.2) is 24.3 Å². The highest BCUT2D eigenvalue weighted by atomic mass is 16.5. The van der Waals surface area contributed by atoms with Gasteiger partial charge in [0, 0.05) is 6.04 Å². The minimum absolute atomic E-state index is 0.0159. The van der Waals surface area contributed by atoms with Gasteiger partial charge in [0.15, 0.2) is 0 Å². The van der Waals surface area contributed by atoms with E-state index in [1.165, 1.54) is 7.11 Å². The summed E-state index contributed by atoms with van der Waals surface area (Å²) in [7, 11) is 1.52. The van der Waals surface area contributed by atoms with E-state index in [9.17, 15) is 9.59 Å². The molecule has 0 aliphatic rings. The summed E-state index contributed by atoms with van der Waals surface area (Å²) >= 11 is 0. The third kappa shape index (κ3) is 4.89. The number of aliphatic carboxylic acids is 1. The van der Waals surface area contributed by atoms with E-state index < -0.39 is 5.97 Å². The van der Waals surface area contributed by atoms with Gasteiger partial charge in [-0.1, -0.05) is 12.1 Å². The van der Waals surface area contributed by atoms with Crippen molar-refractivity contribution in [2.45, 2.75) is 19.9 Å². The zero-order valence-corrected chi connectivity index (χ0v) is 11.9. The molecule has 6 heteroatoms. The Morgan fingerprint density at radius 2 is 1.95 bits per heavy atom. The number of carboxylic acids is 1. The third-order valence-corrected chi connectivity index (χ3v) is 2.80. The number of hydrogen-bond donors (Lipinski definition) is 2. The van der Waals surface area contributed by atoms with Gasteiger partial charge in [-0.05, 0) is 26.0 Å². The Morgan fingerprint density at radius 3 is 2.50 bits per heavy atom. The lowest BCUT2D eigenvalue weighted by Gasteiger charge is -2.23. The number of hydrogen-bond acceptors (Lipinski definition) is 4. The Balaban J connectivity index is 2.68. The Labute approximate surface area is 118 Å². The number of nitrogens with one attached hydrogen (secondary N) is 1. The van der Waals surface area contributed by atoms with Crippen LogP contribution in [0.25, 0.3) is 0 Å². The molecule has 0 heterocycles. The monoisotopic (exact) mass is 280 g/mol. The number of carboxylic acid groups (broad SMARTS) is 1. The number of rotatable bonds is 7. The summed E-state index contributed by atoms with van der Waals surface area (Å²) < 4.78 is 5.14. The van der Waals surface area contributed by atoms with Crippen molar-refractivity contribution in [2.24, 2.45) is 0 Å². The van der Waals surface area contributed by atoms with Gasteiger partial charge in [-0.25, -0.2) is 0 Å². The van der Waals surface area contributed by atoms with Crippen molar-refractivity contribution in [3.8, 4) is 5.75 Å². The molecule has 0 bridgehead atoms. The first-order chi connectivity index (χ1) is 9.43. The lowest BCUT2D eigenvalue weighted by atomic mass is 10.2. The summed E-state index contributed by atoms with van der Waals surface area (Å²) in [6, 6.07) is 7.03. The van der Waals surface area contributed by atoms with Crippen LogP contribution in [-0.2, 0) is 9.59 Å².